The molecule has 0 spiro atoms. The van der Waals surface area contributed by atoms with Crippen LogP contribution in [0.1, 0.15) is 19.8 Å². The van der Waals surface area contributed by atoms with Crippen molar-refractivity contribution < 1.29 is 9.59 Å². The first kappa shape index (κ1) is 19.3. The molecule has 1 fully saturated rings. The number of pyridine rings is 1. The number of hydrogen-bond donors (Lipinski definition) is 1. The smallest absolute Gasteiger partial charge is 0.227 e. The van der Waals surface area contributed by atoms with Gasteiger partial charge in [-0.15, -0.1) is 11.3 Å². The van der Waals surface area contributed by atoms with Crippen LogP contribution < -0.4 is 5.32 Å². The lowest BCUT2D eigenvalue weighted by molar-refractivity contribution is -0.132. The van der Waals surface area contributed by atoms with Crippen molar-refractivity contribution in [3.05, 3.63) is 54.2 Å². The largest absolute Gasteiger partial charge is 0.343 e. The molecule has 7 heteroatoms. The Morgan fingerprint density at radius 3 is 2.66 bits per heavy atom. The van der Waals surface area contributed by atoms with Crippen LogP contribution in [0.2, 0.25) is 0 Å². The maximum absolute atomic E-state index is 12.6. The molecule has 0 aliphatic carbocycles. The summed E-state index contributed by atoms with van der Waals surface area (Å²) in [6.07, 6.45) is 4.95. The highest BCUT2D eigenvalue weighted by atomic mass is 32.1. The van der Waals surface area contributed by atoms with Crippen molar-refractivity contribution in [1.29, 1.82) is 0 Å². The van der Waals surface area contributed by atoms with Gasteiger partial charge in [-0.1, -0.05) is 12.1 Å². The van der Waals surface area contributed by atoms with Crippen LogP contribution in [0.25, 0.3) is 21.8 Å². The molecule has 1 aromatic carbocycles. The zero-order valence-corrected chi connectivity index (χ0v) is 17.0. The molecular formula is C22H22N4O2S. The highest BCUT2D eigenvalue weighted by Crippen LogP contribution is 2.30. The standard InChI is InChI=1S/C22H22N4O2S/c1-15(27)26-10-7-16(8-11-26)21(28)24-19-6-2-4-17(12-19)20-14-29-22(25-20)18-5-3-9-23-13-18/h2-6,9,12-14,16H,7-8,10-11H2,1H3,(H,24,28). The van der Waals surface area contributed by atoms with Gasteiger partial charge in [0.1, 0.15) is 5.01 Å². The Bertz CT molecular complexity index is 1010. The SMILES string of the molecule is CC(=O)N1CCC(C(=O)Nc2cccc(-c3csc(-c4cccnc4)n3)c2)CC1. The van der Waals surface area contributed by atoms with Gasteiger partial charge in [0.2, 0.25) is 11.8 Å². The molecular weight excluding hydrogens is 384 g/mol. The van der Waals surface area contributed by atoms with Crippen LogP contribution in [0.3, 0.4) is 0 Å². The van der Waals surface area contributed by atoms with E-state index >= 15 is 0 Å². The van der Waals surface area contributed by atoms with Crippen LogP contribution in [-0.2, 0) is 9.59 Å². The van der Waals surface area contributed by atoms with Gasteiger partial charge in [0.25, 0.3) is 0 Å². The molecule has 1 N–H and O–H groups in total. The van der Waals surface area contributed by atoms with Crippen LogP contribution in [0, 0.1) is 5.92 Å². The Labute approximate surface area is 173 Å². The van der Waals surface area contributed by atoms with Crippen LogP contribution >= 0.6 is 11.3 Å². The van der Waals surface area contributed by atoms with Gasteiger partial charge in [-0.05, 0) is 37.1 Å². The first-order chi connectivity index (χ1) is 14.1. The Morgan fingerprint density at radius 2 is 1.93 bits per heavy atom. The maximum Gasteiger partial charge on any atom is 0.227 e. The van der Waals surface area contributed by atoms with Gasteiger partial charge in [0, 0.05) is 60.5 Å². The number of carbonyl (C=O) groups excluding carboxylic acids is 2. The van der Waals surface area contributed by atoms with Gasteiger partial charge in [-0.25, -0.2) is 4.98 Å². The van der Waals surface area contributed by atoms with Gasteiger partial charge >= 0.3 is 0 Å². The number of thiazole rings is 1. The van der Waals surface area contributed by atoms with E-state index in [1.165, 1.54) is 0 Å². The van der Waals surface area contributed by atoms with E-state index in [4.69, 9.17) is 4.98 Å². The maximum atomic E-state index is 12.6. The summed E-state index contributed by atoms with van der Waals surface area (Å²) in [5.41, 5.74) is 3.59. The lowest BCUT2D eigenvalue weighted by atomic mass is 9.95. The Morgan fingerprint density at radius 1 is 1.14 bits per heavy atom. The predicted octanol–water partition coefficient (Wildman–Crippen LogP) is 4.07. The monoisotopic (exact) mass is 406 g/mol. The molecule has 0 saturated carbocycles. The van der Waals surface area contributed by atoms with Crippen molar-refractivity contribution >= 4 is 28.8 Å². The van der Waals surface area contributed by atoms with Crippen molar-refractivity contribution in [2.24, 2.45) is 5.92 Å². The number of carbonyl (C=O) groups is 2. The molecule has 0 radical (unpaired) electrons. The number of piperidine rings is 1. The highest BCUT2D eigenvalue weighted by Gasteiger charge is 2.26. The fourth-order valence-corrected chi connectivity index (χ4v) is 4.31. The molecule has 0 bridgehead atoms. The van der Waals surface area contributed by atoms with E-state index < -0.39 is 0 Å². The summed E-state index contributed by atoms with van der Waals surface area (Å²) in [6.45, 7) is 2.86. The second-order valence-electron chi connectivity index (χ2n) is 7.13. The molecule has 0 atom stereocenters. The predicted molar refractivity (Wildman–Crippen MR) is 114 cm³/mol. The summed E-state index contributed by atoms with van der Waals surface area (Å²) in [5, 5.41) is 5.96. The molecule has 0 unspecified atom stereocenters. The number of rotatable bonds is 4. The third-order valence-corrected chi connectivity index (χ3v) is 6.04. The summed E-state index contributed by atoms with van der Waals surface area (Å²) in [7, 11) is 0. The highest BCUT2D eigenvalue weighted by molar-refractivity contribution is 7.13. The van der Waals surface area contributed by atoms with Crippen LogP contribution in [0.5, 0.6) is 0 Å². The van der Waals surface area contributed by atoms with Crippen molar-refractivity contribution in [1.82, 2.24) is 14.9 Å². The zero-order chi connectivity index (χ0) is 20.2. The number of hydrogen-bond acceptors (Lipinski definition) is 5. The van der Waals surface area contributed by atoms with Crippen LogP contribution in [0.4, 0.5) is 5.69 Å². The minimum Gasteiger partial charge on any atom is -0.343 e. The van der Waals surface area contributed by atoms with Crippen molar-refractivity contribution in [3.63, 3.8) is 0 Å². The lowest BCUT2D eigenvalue weighted by Crippen LogP contribution is -2.40. The quantitative estimate of drug-likeness (QED) is 0.709. The lowest BCUT2D eigenvalue weighted by Gasteiger charge is -2.30. The van der Waals surface area contributed by atoms with Crippen molar-refractivity contribution in [3.8, 4) is 21.8 Å². The molecule has 29 heavy (non-hydrogen) atoms. The topological polar surface area (TPSA) is 75.2 Å². The van der Waals surface area contributed by atoms with E-state index in [0.29, 0.717) is 25.9 Å². The van der Waals surface area contributed by atoms with E-state index in [2.05, 4.69) is 10.3 Å². The van der Waals surface area contributed by atoms with Crippen molar-refractivity contribution in [2.75, 3.05) is 18.4 Å². The number of likely N-dealkylation sites (tertiary alicyclic amines) is 1. The molecule has 2 aromatic heterocycles. The number of nitrogens with zero attached hydrogens (tertiary/aromatic N) is 3. The van der Waals surface area contributed by atoms with E-state index in [0.717, 1.165) is 27.5 Å². The normalized spacial score (nSPS) is 14.6. The molecule has 3 aromatic rings. The number of anilines is 1. The Balaban J connectivity index is 1.44. The summed E-state index contributed by atoms with van der Waals surface area (Å²) in [4.78, 5) is 34.8. The van der Waals surface area contributed by atoms with Crippen molar-refractivity contribution in [2.45, 2.75) is 19.8 Å². The number of aromatic nitrogens is 2. The number of benzene rings is 1. The van der Waals surface area contributed by atoms with Crippen LogP contribution in [-0.4, -0.2) is 39.8 Å². The molecule has 2 amide bonds. The van der Waals surface area contributed by atoms with Gasteiger partial charge in [-0.3, -0.25) is 14.6 Å². The van der Waals surface area contributed by atoms with E-state index in [-0.39, 0.29) is 17.7 Å². The molecule has 1 saturated heterocycles. The third-order valence-electron chi connectivity index (χ3n) is 5.15. The summed E-state index contributed by atoms with van der Waals surface area (Å²) >= 11 is 1.57. The zero-order valence-electron chi connectivity index (χ0n) is 16.2. The second kappa shape index (κ2) is 8.53. The average Bonchev–Trinajstić information content (AvgIpc) is 3.25. The minimum absolute atomic E-state index is 0.0136. The number of amides is 2. The minimum atomic E-state index is -0.0642. The van der Waals surface area contributed by atoms with Gasteiger partial charge < -0.3 is 10.2 Å². The Kier molecular flexibility index (Phi) is 5.67. The van der Waals surface area contributed by atoms with E-state index in [9.17, 15) is 9.59 Å². The number of nitrogens with one attached hydrogen (secondary N) is 1. The van der Waals surface area contributed by atoms with Gasteiger partial charge in [0.05, 0.1) is 5.69 Å². The van der Waals surface area contributed by atoms with Gasteiger partial charge in [0.15, 0.2) is 0 Å². The summed E-state index contributed by atoms with van der Waals surface area (Å²) in [5.74, 6) is 0.0240. The first-order valence-corrected chi connectivity index (χ1v) is 10.5. The fourth-order valence-electron chi connectivity index (χ4n) is 3.49. The molecule has 3 heterocycles. The average molecular weight is 407 g/mol. The van der Waals surface area contributed by atoms with E-state index in [1.807, 2.05) is 41.8 Å². The molecule has 1 aliphatic rings. The van der Waals surface area contributed by atoms with Gasteiger partial charge in [-0.2, -0.15) is 0 Å². The van der Waals surface area contributed by atoms with Crippen LogP contribution in [0.15, 0.2) is 54.2 Å². The first-order valence-electron chi connectivity index (χ1n) is 9.63. The second-order valence-corrected chi connectivity index (χ2v) is 7.99. The molecule has 4 rings (SSSR count). The van der Waals surface area contributed by atoms with E-state index in [1.54, 1.807) is 35.6 Å². The molecule has 1 aliphatic heterocycles. The molecule has 6 nitrogen and oxygen atoms in total. The Hall–Kier alpha value is -3.06. The summed E-state index contributed by atoms with van der Waals surface area (Å²) in [6, 6.07) is 11.6. The summed E-state index contributed by atoms with van der Waals surface area (Å²) < 4.78 is 0. The molecule has 148 valence electrons. The third kappa shape index (κ3) is 4.51. The fraction of sp³-hybridized carbons (Fsp3) is 0.273.